The zero-order chi connectivity index (χ0) is 21.7. The first kappa shape index (κ1) is 20.8. The maximum atomic E-state index is 12.8. The van der Waals surface area contributed by atoms with Crippen LogP contribution in [0.2, 0.25) is 0 Å². The molecule has 1 aliphatic heterocycles. The van der Waals surface area contributed by atoms with Crippen LogP contribution in [0.25, 0.3) is 0 Å². The molecular formula is C22H23BrN2O5. The molecular weight excluding hydrogens is 452 g/mol. The van der Waals surface area contributed by atoms with Crippen LogP contribution in [0.15, 0.2) is 28.8 Å². The molecule has 2 fully saturated rings. The summed E-state index contributed by atoms with van der Waals surface area (Å²) < 4.78 is 6.05. The van der Waals surface area contributed by atoms with Crippen LogP contribution in [-0.2, 0) is 23.9 Å². The number of hydrogen-bond acceptors (Lipinski definition) is 5. The van der Waals surface area contributed by atoms with Crippen molar-refractivity contribution in [2.75, 3.05) is 11.9 Å². The number of fused-ring (bicyclic) bond motifs is 5. The van der Waals surface area contributed by atoms with Gasteiger partial charge in [-0.3, -0.25) is 19.3 Å². The van der Waals surface area contributed by atoms with Crippen LogP contribution >= 0.6 is 15.9 Å². The van der Waals surface area contributed by atoms with E-state index in [1.54, 1.807) is 6.07 Å². The van der Waals surface area contributed by atoms with Gasteiger partial charge in [0, 0.05) is 10.2 Å². The molecule has 3 amide bonds. The highest BCUT2D eigenvalue weighted by atomic mass is 79.9. The van der Waals surface area contributed by atoms with Gasteiger partial charge in [0.15, 0.2) is 6.61 Å². The molecule has 1 saturated carbocycles. The van der Waals surface area contributed by atoms with Crippen LogP contribution in [0.4, 0.5) is 5.69 Å². The molecule has 7 nitrogen and oxygen atoms in total. The van der Waals surface area contributed by atoms with Crippen LogP contribution in [0.1, 0.15) is 24.5 Å². The van der Waals surface area contributed by atoms with Crippen molar-refractivity contribution < 1.29 is 23.9 Å². The predicted octanol–water partition coefficient (Wildman–Crippen LogP) is 2.74. The Hall–Kier alpha value is -2.48. The Morgan fingerprint density at radius 2 is 1.73 bits per heavy atom. The number of halogens is 1. The number of carbonyl (C=O) groups excluding carboxylic acids is 4. The van der Waals surface area contributed by atoms with Crippen LogP contribution in [0.3, 0.4) is 0 Å². The summed E-state index contributed by atoms with van der Waals surface area (Å²) in [6.07, 6.45) is 4.83. The van der Waals surface area contributed by atoms with Gasteiger partial charge in [0.05, 0.1) is 11.8 Å². The van der Waals surface area contributed by atoms with Gasteiger partial charge in [-0.1, -0.05) is 28.1 Å². The fourth-order valence-corrected chi connectivity index (χ4v) is 5.21. The molecule has 1 aromatic carbocycles. The fourth-order valence-electron chi connectivity index (χ4n) is 4.78. The standard InChI is InChI=1S/C22H23BrN2O5/c1-10-11(2)16(7-6-15(10)23)24-17(26)9-30-22(29)12(3)25-20(27)18-13-4-5-14(8-13)19(18)21(25)28/h4-7,12-14,18-19H,8-9H2,1-3H3,(H,24,26)/t12-,13-,14-,18+,19+/m0/s1. The number of rotatable bonds is 5. The first-order valence-corrected chi connectivity index (χ1v) is 10.8. The molecule has 5 atom stereocenters. The lowest BCUT2D eigenvalue weighted by molar-refractivity contribution is -0.159. The van der Waals surface area contributed by atoms with Gasteiger partial charge in [-0.15, -0.1) is 0 Å². The van der Waals surface area contributed by atoms with E-state index in [0.717, 1.165) is 26.9 Å². The second-order valence-corrected chi connectivity index (χ2v) is 9.08. The number of ether oxygens (including phenoxy) is 1. The minimum Gasteiger partial charge on any atom is -0.454 e. The van der Waals surface area contributed by atoms with Gasteiger partial charge in [0.2, 0.25) is 11.8 Å². The zero-order valence-electron chi connectivity index (χ0n) is 17.0. The van der Waals surface area contributed by atoms with Gasteiger partial charge in [-0.05, 0) is 62.3 Å². The van der Waals surface area contributed by atoms with E-state index >= 15 is 0 Å². The first-order chi connectivity index (χ1) is 14.2. The largest absolute Gasteiger partial charge is 0.454 e. The summed E-state index contributed by atoms with van der Waals surface area (Å²) in [6, 6.07) is 2.53. The first-order valence-electron chi connectivity index (χ1n) is 9.98. The van der Waals surface area contributed by atoms with Crippen LogP contribution in [-0.4, -0.2) is 41.2 Å². The number of hydrogen-bond donors (Lipinski definition) is 1. The lowest BCUT2D eigenvalue weighted by atomic mass is 9.85. The highest BCUT2D eigenvalue weighted by molar-refractivity contribution is 9.10. The second-order valence-electron chi connectivity index (χ2n) is 8.22. The number of anilines is 1. The monoisotopic (exact) mass is 474 g/mol. The molecule has 30 heavy (non-hydrogen) atoms. The van der Waals surface area contributed by atoms with Gasteiger partial charge < -0.3 is 10.1 Å². The van der Waals surface area contributed by atoms with Crippen molar-refractivity contribution in [3.8, 4) is 0 Å². The lowest BCUT2D eigenvalue weighted by Crippen LogP contribution is -2.45. The van der Waals surface area contributed by atoms with E-state index in [-0.39, 0.29) is 35.5 Å². The van der Waals surface area contributed by atoms with Crippen molar-refractivity contribution in [1.29, 1.82) is 0 Å². The van der Waals surface area contributed by atoms with Crippen molar-refractivity contribution in [2.24, 2.45) is 23.7 Å². The average Bonchev–Trinajstić information content (AvgIpc) is 3.40. The van der Waals surface area contributed by atoms with E-state index in [9.17, 15) is 19.2 Å². The quantitative estimate of drug-likeness (QED) is 0.402. The van der Waals surface area contributed by atoms with Gasteiger partial charge >= 0.3 is 5.97 Å². The number of amides is 3. The molecule has 8 heteroatoms. The summed E-state index contributed by atoms with van der Waals surface area (Å²) in [6.45, 7) is 4.79. The number of imide groups is 1. The van der Waals surface area contributed by atoms with Crippen molar-refractivity contribution >= 4 is 45.3 Å². The molecule has 2 aliphatic carbocycles. The van der Waals surface area contributed by atoms with E-state index in [0.29, 0.717) is 5.69 Å². The predicted molar refractivity (Wildman–Crippen MR) is 112 cm³/mol. The van der Waals surface area contributed by atoms with Crippen LogP contribution in [0.5, 0.6) is 0 Å². The van der Waals surface area contributed by atoms with E-state index in [4.69, 9.17) is 4.74 Å². The van der Waals surface area contributed by atoms with Crippen LogP contribution < -0.4 is 5.32 Å². The average molecular weight is 475 g/mol. The second kappa shape index (κ2) is 7.65. The Balaban J connectivity index is 1.35. The molecule has 0 spiro atoms. The maximum Gasteiger partial charge on any atom is 0.329 e. The number of likely N-dealkylation sites (tertiary alicyclic amines) is 1. The van der Waals surface area contributed by atoms with Gasteiger partial charge in [0.1, 0.15) is 6.04 Å². The summed E-state index contributed by atoms with van der Waals surface area (Å²) in [5.74, 6) is -2.45. The Bertz CT molecular complexity index is 958. The van der Waals surface area contributed by atoms with Crippen molar-refractivity contribution in [1.82, 2.24) is 4.90 Å². The number of esters is 1. The molecule has 1 heterocycles. The maximum absolute atomic E-state index is 12.8. The molecule has 0 aromatic heterocycles. The fraction of sp³-hybridized carbons (Fsp3) is 0.455. The van der Waals surface area contributed by atoms with Crippen molar-refractivity contribution in [3.63, 3.8) is 0 Å². The number of nitrogens with one attached hydrogen (secondary N) is 1. The van der Waals surface area contributed by atoms with Crippen LogP contribution in [0, 0.1) is 37.5 Å². The number of benzene rings is 1. The summed E-state index contributed by atoms with van der Waals surface area (Å²) >= 11 is 3.44. The number of nitrogens with zero attached hydrogens (tertiary/aromatic N) is 1. The lowest BCUT2D eigenvalue weighted by Gasteiger charge is -2.23. The third-order valence-corrected chi connectivity index (χ3v) is 7.43. The minimum absolute atomic E-state index is 0.0769. The van der Waals surface area contributed by atoms with Gasteiger partial charge in [-0.25, -0.2) is 4.79 Å². The molecule has 1 N–H and O–H groups in total. The SMILES string of the molecule is Cc1c(Br)ccc(NC(=O)COC(=O)[C@H](C)N2C(=O)[C@H]3[C@H](C2=O)[C@H]2C=C[C@H]3C2)c1C. The third kappa shape index (κ3) is 3.27. The Kier molecular flexibility index (Phi) is 5.30. The summed E-state index contributed by atoms with van der Waals surface area (Å²) in [5, 5.41) is 2.72. The topological polar surface area (TPSA) is 92.8 Å². The Morgan fingerprint density at radius 3 is 2.33 bits per heavy atom. The molecule has 3 aliphatic rings. The van der Waals surface area contributed by atoms with E-state index in [1.807, 2.05) is 32.1 Å². The highest BCUT2D eigenvalue weighted by Crippen LogP contribution is 2.52. The normalized spacial score (nSPS) is 27.4. The smallest absolute Gasteiger partial charge is 0.329 e. The molecule has 158 valence electrons. The number of allylic oxidation sites excluding steroid dienone is 2. The third-order valence-electron chi connectivity index (χ3n) is 6.57. The van der Waals surface area contributed by atoms with Gasteiger partial charge in [0.25, 0.3) is 5.91 Å². The summed E-state index contributed by atoms with van der Waals surface area (Å²) in [7, 11) is 0. The van der Waals surface area contributed by atoms with E-state index < -0.39 is 24.5 Å². The van der Waals surface area contributed by atoms with Gasteiger partial charge in [-0.2, -0.15) is 0 Å². The molecule has 1 aromatic rings. The molecule has 1 saturated heterocycles. The molecule has 4 rings (SSSR count). The highest BCUT2D eigenvalue weighted by Gasteiger charge is 2.60. The van der Waals surface area contributed by atoms with E-state index in [1.165, 1.54) is 6.92 Å². The van der Waals surface area contributed by atoms with E-state index in [2.05, 4.69) is 21.2 Å². The number of carbonyl (C=O) groups is 4. The van der Waals surface area contributed by atoms with Crippen molar-refractivity contribution in [3.05, 3.63) is 39.9 Å². The summed E-state index contributed by atoms with van der Waals surface area (Å²) in [5.41, 5.74) is 2.53. The Morgan fingerprint density at radius 1 is 1.13 bits per heavy atom. The minimum atomic E-state index is -1.06. The molecule has 2 bridgehead atoms. The molecule has 0 radical (unpaired) electrons. The van der Waals surface area contributed by atoms with Crippen molar-refractivity contribution in [2.45, 2.75) is 33.2 Å². The zero-order valence-corrected chi connectivity index (χ0v) is 18.6. The summed E-state index contributed by atoms with van der Waals surface area (Å²) in [4.78, 5) is 51.3. The molecule has 0 unspecified atom stereocenters. The Labute approximate surface area is 183 Å².